The highest BCUT2D eigenvalue weighted by Crippen LogP contribution is 2.19. The van der Waals surface area contributed by atoms with Gasteiger partial charge in [0.1, 0.15) is 18.1 Å². The number of nitrogen functional groups attached to an aromatic ring is 1. The first-order valence-corrected chi connectivity index (χ1v) is 6.98. The first kappa shape index (κ1) is 15.2. The fourth-order valence-corrected chi connectivity index (χ4v) is 2.13. The van der Waals surface area contributed by atoms with Crippen molar-refractivity contribution in [3.8, 4) is 11.5 Å². The van der Waals surface area contributed by atoms with Crippen molar-refractivity contribution in [3.63, 3.8) is 0 Å². The number of nitrogens with two attached hydrogens (primary N) is 1. The van der Waals surface area contributed by atoms with Gasteiger partial charge in [0.2, 0.25) is 0 Å². The minimum absolute atomic E-state index is 0.620. The minimum Gasteiger partial charge on any atom is -0.496 e. The lowest BCUT2D eigenvalue weighted by atomic mass is 10.2. The molecule has 0 aliphatic heterocycles. The Morgan fingerprint density at radius 3 is 2.67 bits per heavy atom. The van der Waals surface area contributed by atoms with Gasteiger partial charge in [-0.2, -0.15) is 0 Å². The molecule has 0 saturated carbocycles. The van der Waals surface area contributed by atoms with E-state index in [9.17, 15) is 0 Å². The van der Waals surface area contributed by atoms with Crippen LogP contribution in [0.4, 0.5) is 5.69 Å². The zero-order valence-corrected chi connectivity index (χ0v) is 12.6. The highest BCUT2D eigenvalue weighted by molar-refractivity contribution is 5.43. The fraction of sp³-hybridized carbons (Fsp3) is 0.294. The molecule has 0 radical (unpaired) electrons. The van der Waals surface area contributed by atoms with Crippen LogP contribution in [0.2, 0.25) is 0 Å². The summed E-state index contributed by atoms with van der Waals surface area (Å²) in [6.45, 7) is 2.27. The third-order valence-corrected chi connectivity index (χ3v) is 3.23. The molecule has 4 heteroatoms. The molecule has 2 N–H and O–H groups in total. The molecule has 2 aromatic rings. The molecule has 0 amide bonds. The Labute approximate surface area is 126 Å². The van der Waals surface area contributed by atoms with E-state index in [0.717, 1.165) is 30.3 Å². The molecule has 0 fully saturated rings. The number of anilines is 1. The quantitative estimate of drug-likeness (QED) is 0.795. The van der Waals surface area contributed by atoms with E-state index in [2.05, 4.69) is 18.0 Å². The predicted molar refractivity (Wildman–Crippen MR) is 85.7 cm³/mol. The van der Waals surface area contributed by atoms with Crippen molar-refractivity contribution >= 4 is 5.69 Å². The van der Waals surface area contributed by atoms with E-state index in [0.29, 0.717) is 6.61 Å². The van der Waals surface area contributed by atoms with Crippen LogP contribution in [0.1, 0.15) is 5.56 Å². The Balaban J connectivity index is 1.81. The van der Waals surface area contributed by atoms with Crippen molar-refractivity contribution in [2.24, 2.45) is 0 Å². The molecule has 0 aliphatic carbocycles. The maximum Gasteiger partial charge on any atom is 0.123 e. The zero-order chi connectivity index (χ0) is 15.1. The number of rotatable bonds is 7. The highest BCUT2D eigenvalue weighted by Gasteiger charge is 2.05. The molecule has 0 unspecified atom stereocenters. The number of likely N-dealkylation sites (N-methyl/N-ethyl adjacent to an activating group) is 1. The number of nitrogens with zero attached hydrogens (tertiary/aromatic N) is 1. The van der Waals surface area contributed by atoms with Crippen LogP contribution in [0.5, 0.6) is 11.5 Å². The largest absolute Gasteiger partial charge is 0.496 e. The summed E-state index contributed by atoms with van der Waals surface area (Å²) in [7, 11) is 3.76. The van der Waals surface area contributed by atoms with Crippen LogP contribution in [0.3, 0.4) is 0 Å². The van der Waals surface area contributed by atoms with Gasteiger partial charge in [0.05, 0.1) is 7.11 Å². The molecule has 0 saturated heterocycles. The van der Waals surface area contributed by atoms with Crippen LogP contribution in [0.25, 0.3) is 0 Å². The van der Waals surface area contributed by atoms with Gasteiger partial charge < -0.3 is 15.2 Å². The lowest BCUT2D eigenvalue weighted by molar-refractivity contribution is 0.231. The van der Waals surface area contributed by atoms with Gasteiger partial charge in [-0.25, -0.2) is 0 Å². The first-order chi connectivity index (χ1) is 10.2. The standard InChI is InChI=1S/C17H22N2O2/c1-19(13-14-6-3-4-9-17(14)20-2)10-11-21-16-8-5-7-15(18)12-16/h3-9,12H,10-11,13,18H2,1-2H3. The predicted octanol–water partition coefficient (Wildman–Crippen LogP) is 2.79. The molecular weight excluding hydrogens is 264 g/mol. The van der Waals surface area contributed by atoms with Crippen LogP contribution in [0, 0.1) is 0 Å². The van der Waals surface area contributed by atoms with Crippen molar-refractivity contribution in [2.75, 3.05) is 33.0 Å². The topological polar surface area (TPSA) is 47.7 Å². The van der Waals surface area contributed by atoms with Gasteiger partial charge in [0.15, 0.2) is 0 Å². The molecule has 0 bridgehead atoms. The van der Waals surface area contributed by atoms with Crippen LogP contribution in [0.15, 0.2) is 48.5 Å². The second-order valence-corrected chi connectivity index (χ2v) is 4.97. The van der Waals surface area contributed by atoms with E-state index in [-0.39, 0.29) is 0 Å². The van der Waals surface area contributed by atoms with E-state index in [1.165, 1.54) is 5.56 Å². The van der Waals surface area contributed by atoms with Gasteiger partial charge in [0.25, 0.3) is 0 Å². The molecule has 2 aromatic carbocycles. The number of hydrogen-bond acceptors (Lipinski definition) is 4. The van der Waals surface area contributed by atoms with Gasteiger partial charge >= 0.3 is 0 Å². The number of methoxy groups -OCH3 is 1. The molecule has 0 aromatic heterocycles. The van der Waals surface area contributed by atoms with Crippen molar-refractivity contribution in [1.29, 1.82) is 0 Å². The molecule has 4 nitrogen and oxygen atoms in total. The Morgan fingerprint density at radius 2 is 1.90 bits per heavy atom. The van der Waals surface area contributed by atoms with Crippen molar-refractivity contribution in [1.82, 2.24) is 4.90 Å². The normalized spacial score (nSPS) is 10.6. The number of hydrogen-bond donors (Lipinski definition) is 1. The summed E-state index contributed by atoms with van der Waals surface area (Å²) in [5.74, 6) is 1.72. The average Bonchev–Trinajstić information content (AvgIpc) is 2.48. The second-order valence-electron chi connectivity index (χ2n) is 4.97. The summed E-state index contributed by atoms with van der Waals surface area (Å²) in [6.07, 6.45) is 0. The second kappa shape index (κ2) is 7.55. The number of benzene rings is 2. The molecule has 0 atom stereocenters. The van der Waals surface area contributed by atoms with E-state index >= 15 is 0 Å². The van der Waals surface area contributed by atoms with Crippen LogP contribution < -0.4 is 15.2 Å². The Bertz CT molecular complexity index is 572. The Morgan fingerprint density at radius 1 is 1.10 bits per heavy atom. The summed E-state index contributed by atoms with van der Waals surface area (Å²) < 4.78 is 11.1. The van der Waals surface area contributed by atoms with Crippen molar-refractivity contribution in [3.05, 3.63) is 54.1 Å². The van der Waals surface area contributed by atoms with E-state index in [1.807, 2.05) is 42.5 Å². The summed E-state index contributed by atoms with van der Waals surface area (Å²) in [5, 5.41) is 0. The van der Waals surface area contributed by atoms with E-state index in [4.69, 9.17) is 15.2 Å². The summed E-state index contributed by atoms with van der Waals surface area (Å²) in [5.41, 5.74) is 7.61. The van der Waals surface area contributed by atoms with Gasteiger partial charge in [-0.3, -0.25) is 4.90 Å². The SMILES string of the molecule is COc1ccccc1CN(C)CCOc1cccc(N)c1. The van der Waals surface area contributed by atoms with E-state index in [1.54, 1.807) is 7.11 Å². The summed E-state index contributed by atoms with van der Waals surface area (Å²) >= 11 is 0. The fourth-order valence-electron chi connectivity index (χ4n) is 2.13. The smallest absolute Gasteiger partial charge is 0.123 e. The average molecular weight is 286 g/mol. The van der Waals surface area contributed by atoms with Gasteiger partial charge in [-0.15, -0.1) is 0 Å². The van der Waals surface area contributed by atoms with Gasteiger partial charge in [-0.1, -0.05) is 24.3 Å². The van der Waals surface area contributed by atoms with Gasteiger partial charge in [-0.05, 0) is 25.2 Å². The van der Waals surface area contributed by atoms with Gasteiger partial charge in [0, 0.05) is 30.4 Å². The first-order valence-electron chi connectivity index (χ1n) is 6.98. The molecule has 0 heterocycles. The van der Waals surface area contributed by atoms with Crippen molar-refractivity contribution < 1.29 is 9.47 Å². The molecule has 0 spiro atoms. The minimum atomic E-state index is 0.620. The molecular formula is C17H22N2O2. The Hall–Kier alpha value is -2.20. The number of ether oxygens (including phenoxy) is 2. The molecule has 2 rings (SSSR count). The molecule has 21 heavy (non-hydrogen) atoms. The third kappa shape index (κ3) is 4.68. The zero-order valence-electron chi connectivity index (χ0n) is 12.6. The molecule has 112 valence electrons. The van der Waals surface area contributed by atoms with Crippen LogP contribution in [-0.2, 0) is 6.54 Å². The Kier molecular flexibility index (Phi) is 5.46. The summed E-state index contributed by atoms with van der Waals surface area (Å²) in [4.78, 5) is 2.20. The number of para-hydroxylation sites is 1. The summed E-state index contributed by atoms with van der Waals surface area (Å²) in [6, 6.07) is 15.5. The lowest BCUT2D eigenvalue weighted by Gasteiger charge is -2.18. The van der Waals surface area contributed by atoms with Crippen LogP contribution >= 0.6 is 0 Å². The third-order valence-electron chi connectivity index (χ3n) is 3.23. The highest BCUT2D eigenvalue weighted by atomic mass is 16.5. The van der Waals surface area contributed by atoms with Crippen molar-refractivity contribution in [2.45, 2.75) is 6.54 Å². The maximum atomic E-state index is 5.72. The van der Waals surface area contributed by atoms with Crippen LogP contribution in [-0.4, -0.2) is 32.2 Å². The monoisotopic (exact) mass is 286 g/mol. The van der Waals surface area contributed by atoms with E-state index < -0.39 is 0 Å². The lowest BCUT2D eigenvalue weighted by Crippen LogP contribution is -2.24. The maximum absolute atomic E-state index is 5.72. The molecule has 0 aliphatic rings.